The van der Waals surface area contributed by atoms with Gasteiger partial charge in [0.15, 0.2) is 30.9 Å². The van der Waals surface area contributed by atoms with Crippen LogP contribution in [0.3, 0.4) is 0 Å². The smallest absolute Gasteiger partial charge is 0.187 e. The summed E-state index contributed by atoms with van der Waals surface area (Å²) in [5.41, 5.74) is 1.17. The summed E-state index contributed by atoms with van der Waals surface area (Å²) in [6.07, 6.45) is -19.7. The van der Waals surface area contributed by atoms with Gasteiger partial charge in [0.1, 0.15) is 85.5 Å². The van der Waals surface area contributed by atoms with Crippen molar-refractivity contribution in [3.05, 3.63) is 11.6 Å². The highest BCUT2D eigenvalue weighted by atomic mass is 16.8. The van der Waals surface area contributed by atoms with Crippen LogP contribution < -0.4 is 0 Å². The van der Waals surface area contributed by atoms with E-state index in [2.05, 4.69) is 26.8 Å². The van der Waals surface area contributed by atoms with E-state index in [4.69, 9.17) is 47.4 Å². The molecule has 0 aromatic carbocycles. The summed E-state index contributed by atoms with van der Waals surface area (Å²) in [5, 5.41) is 127. The minimum atomic E-state index is -1.77. The van der Waals surface area contributed by atoms with Gasteiger partial charge in [-0.25, -0.2) is 0 Å². The lowest BCUT2D eigenvalue weighted by Crippen LogP contribution is -2.67. The summed E-state index contributed by atoms with van der Waals surface area (Å²) in [6.45, 7) is 11.1. The Balaban J connectivity index is 0.868. The maximum Gasteiger partial charge on any atom is 0.187 e. The number of fused-ring (bicyclic) bond motifs is 7. The fraction of sp³-hybridized carbons (Fsp3) is 0.962. The number of allylic oxidation sites excluding steroid dienone is 1. The minimum Gasteiger partial charge on any atom is -0.394 e. The Morgan fingerprint density at radius 1 is 0.649 bits per heavy atom. The highest BCUT2D eigenvalue weighted by Gasteiger charge is 2.68. The predicted octanol–water partition coefficient (Wildman–Crippen LogP) is -1.33. The highest BCUT2D eigenvalue weighted by molar-refractivity contribution is 5.26. The third kappa shape index (κ3) is 10.1. The van der Waals surface area contributed by atoms with Gasteiger partial charge in [0.05, 0.1) is 44.2 Å². The molecule has 5 heterocycles. The van der Waals surface area contributed by atoms with Crippen molar-refractivity contribution in [3.63, 3.8) is 0 Å². The zero-order valence-electron chi connectivity index (χ0n) is 43.7. The molecule has 0 unspecified atom stereocenters. The first kappa shape index (κ1) is 57.5. The van der Waals surface area contributed by atoms with E-state index in [-0.39, 0.29) is 41.3 Å². The van der Waals surface area contributed by atoms with Crippen molar-refractivity contribution in [2.75, 3.05) is 26.9 Å². The molecule has 9 rings (SSSR count). The summed E-state index contributed by atoms with van der Waals surface area (Å²) in [5.74, 6) is 0.851. The normalized spacial score (nSPS) is 54.9. The third-order valence-corrected chi connectivity index (χ3v) is 19.8. The van der Waals surface area contributed by atoms with Crippen molar-refractivity contribution < 1.29 is 109 Å². The van der Waals surface area contributed by atoms with Crippen molar-refractivity contribution in [1.29, 1.82) is 0 Å². The standard InChI is InChI=1S/C52H86O22/c1-21(20-66-46-41(62)40(61)36(57)31(18-53)70-46)10-15-52(65-7)22(2)33-30(74-52)17-29-27-9-8-25-16-26(11-13-50(25,5)28(27)12-14-51(29,33)6)69-49-45(73-48-43(64)39(60)35(56)24(4)68-48)44(37(58)32(19-54)71-49)72-47-42(63)38(59)34(55)23(3)67-47/h8,21-24,26-49,53-64H,9-20H2,1-7H3/t21-,22-,23-,24-,26-,27+,28-,29-,30-,31+,32+,33-,34-,35-,36+,37+,38+,39+,40-,41+,42+,43+,44-,45+,46+,47-,48-,49+,50-,51-,52+/m0/s1. The van der Waals surface area contributed by atoms with Crippen molar-refractivity contribution in [2.45, 2.75) is 240 Å². The number of ether oxygens (including phenoxy) is 10. The van der Waals surface area contributed by atoms with Crippen LogP contribution in [0.2, 0.25) is 0 Å². The predicted molar refractivity (Wildman–Crippen MR) is 254 cm³/mol. The van der Waals surface area contributed by atoms with Crippen molar-refractivity contribution in [2.24, 2.45) is 46.3 Å². The number of hydrogen-bond acceptors (Lipinski definition) is 22. The Morgan fingerprint density at radius 2 is 1.23 bits per heavy atom. The molecule has 22 heteroatoms. The largest absolute Gasteiger partial charge is 0.394 e. The summed E-state index contributed by atoms with van der Waals surface area (Å²) in [6, 6.07) is 0. The Labute approximate surface area is 432 Å². The molecule has 0 aromatic heterocycles. The molecule has 22 nitrogen and oxygen atoms in total. The number of methoxy groups -OCH3 is 1. The van der Waals surface area contributed by atoms with Gasteiger partial charge in [0.2, 0.25) is 0 Å². The Hall–Kier alpha value is -1.14. The monoisotopic (exact) mass is 1060 g/mol. The van der Waals surface area contributed by atoms with E-state index in [1.165, 1.54) is 19.4 Å². The molecule has 5 aliphatic heterocycles. The molecule has 3 saturated carbocycles. The second kappa shape index (κ2) is 22.4. The molecule has 31 atom stereocenters. The number of hydrogen-bond donors (Lipinski definition) is 12. The third-order valence-electron chi connectivity index (χ3n) is 19.8. The molecule has 5 saturated heterocycles. The quantitative estimate of drug-likeness (QED) is 0.0846. The van der Waals surface area contributed by atoms with Crippen LogP contribution in [0.1, 0.15) is 99.3 Å². The van der Waals surface area contributed by atoms with Gasteiger partial charge in [-0.15, -0.1) is 0 Å². The van der Waals surface area contributed by atoms with E-state index < -0.39 is 148 Å². The van der Waals surface area contributed by atoms with Gasteiger partial charge >= 0.3 is 0 Å². The summed E-state index contributed by atoms with van der Waals surface area (Å²) in [7, 11) is 1.72. The lowest BCUT2D eigenvalue weighted by atomic mass is 9.47. The molecule has 4 aliphatic carbocycles. The molecular weight excluding hydrogens is 977 g/mol. The molecule has 0 amide bonds. The van der Waals surface area contributed by atoms with Gasteiger partial charge in [-0.3, -0.25) is 0 Å². The van der Waals surface area contributed by atoms with Crippen molar-refractivity contribution in [3.8, 4) is 0 Å². The van der Waals surface area contributed by atoms with Crippen molar-refractivity contribution >= 4 is 0 Å². The SMILES string of the molecule is CO[C@]1(CC[C@H](C)CO[C@@H]2O[C@H](CO)[C@@H](O)[C@H](O)[C@H]2O)O[C@H]2C[C@H]3[C@@H]4CC=C5C[C@@H](O[C@@H]6O[C@H](CO)[C@@H](O)[C@H](O[C@@H]7O[C@@H](C)[C@H](O)[C@@H](O)[C@H]7O)[C@H]6O[C@@H]6O[C@@H](C)[C@H](O)[C@@H](O)[C@H]6O)CC[C@]5(C)[C@H]4CC[C@]3(C)[C@H]2[C@@H]1C. The highest BCUT2D eigenvalue weighted by Crippen LogP contribution is 2.70. The second-order valence-electron chi connectivity index (χ2n) is 24.0. The maximum atomic E-state index is 11.6. The van der Waals surface area contributed by atoms with Gasteiger partial charge in [-0.2, -0.15) is 0 Å². The van der Waals surface area contributed by atoms with Gasteiger partial charge < -0.3 is 109 Å². The van der Waals surface area contributed by atoms with E-state index in [1.807, 2.05) is 6.92 Å². The zero-order valence-corrected chi connectivity index (χ0v) is 43.7. The molecule has 0 bridgehead atoms. The first-order valence-corrected chi connectivity index (χ1v) is 27.2. The van der Waals surface area contributed by atoms with E-state index in [0.29, 0.717) is 43.4 Å². The van der Waals surface area contributed by atoms with Gasteiger partial charge in [0, 0.05) is 19.4 Å². The summed E-state index contributed by atoms with van der Waals surface area (Å²) < 4.78 is 61.9. The molecule has 8 fully saturated rings. The first-order valence-electron chi connectivity index (χ1n) is 27.2. The lowest BCUT2D eigenvalue weighted by Gasteiger charge is -2.58. The fourth-order valence-electron chi connectivity index (χ4n) is 15.2. The van der Waals surface area contributed by atoms with Crippen LogP contribution in [0, 0.1) is 46.3 Å². The topological polar surface area (TPSA) is 335 Å². The molecule has 0 spiro atoms. The second-order valence-corrected chi connectivity index (χ2v) is 24.0. The van der Waals surface area contributed by atoms with Crippen LogP contribution in [0.5, 0.6) is 0 Å². The molecule has 74 heavy (non-hydrogen) atoms. The van der Waals surface area contributed by atoms with E-state index in [1.54, 1.807) is 7.11 Å². The van der Waals surface area contributed by atoms with Gasteiger partial charge in [0.25, 0.3) is 0 Å². The molecule has 12 N–H and O–H groups in total. The lowest BCUT2D eigenvalue weighted by molar-refractivity contribution is -0.393. The number of aliphatic hydroxyl groups excluding tert-OH is 12. The Morgan fingerprint density at radius 3 is 1.85 bits per heavy atom. The summed E-state index contributed by atoms with van der Waals surface area (Å²) >= 11 is 0. The van der Waals surface area contributed by atoms with Gasteiger partial charge in [-0.05, 0) is 106 Å². The first-order chi connectivity index (χ1) is 35.0. The Kier molecular flexibility index (Phi) is 17.4. The average Bonchev–Trinajstić information content (AvgIpc) is 3.84. The van der Waals surface area contributed by atoms with Crippen LogP contribution in [0.4, 0.5) is 0 Å². The van der Waals surface area contributed by atoms with Crippen LogP contribution in [-0.2, 0) is 47.4 Å². The maximum absolute atomic E-state index is 11.6. The minimum absolute atomic E-state index is 0.00261. The van der Waals surface area contributed by atoms with Crippen LogP contribution in [-0.4, -0.2) is 229 Å². The Bertz CT molecular complexity index is 1920. The molecule has 426 valence electrons. The summed E-state index contributed by atoms with van der Waals surface area (Å²) in [4.78, 5) is 0. The van der Waals surface area contributed by atoms with E-state index >= 15 is 0 Å². The fourth-order valence-corrected chi connectivity index (χ4v) is 15.2. The van der Waals surface area contributed by atoms with E-state index in [9.17, 15) is 61.3 Å². The number of rotatable bonds is 15. The molecule has 9 aliphatic rings. The molecule has 0 aromatic rings. The average molecular weight is 1060 g/mol. The molecule has 0 radical (unpaired) electrons. The van der Waals surface area contributed by atoms with Gasteiger partial charge in [-0.1, -0.05) is 39.3 Å². The van der Waals surface area contributed by atoms with Crippen LogP contribution in [0.15, 0.2) is 11.6 Å². The zero-order chi connectivity index (χ0) is 53.5. The molecular formula is C52H86O22. The van der Waals surface area contributed by atoms with Crippen LogP contribution in [0.25, 0.3) is 0 Å². The van der Waals surface area contributed by atoms with E-state index in [0.717, 1.165) is 32.1 Å². The van der Waals surface area contributed by atoms with Crippen molar-refractivity contribution in [1.82, 2.24) is 0 Å². The number of aliphatic hydroxyl groups is 12. The van der Waals surface area contributed by atoms with Crippen LogP contribution >= 0.6 is 0 Å².